The third-order valence-corrected chi connectivity index (χ3v) is 5.21. The van der Waals surface area contributed by atoms with E-state index < -0.39 is 0 Å². The summed E-state index contributed by atoms with van der Waals surface area (Å²) in [4.78, 5) is 3.43. The lowest BCUT2D eigenvalue weighted by molar-refractivity contribution is 0.261. The standard InChI is InChI=1S/C22H25NO2S/c1-23(2)13-14-25-19-11-9-17(10-12-19)22(21-8-5-15-26-21)18-6-4-7-20(16-18)24-3/h4-12,15-16,22H,13-14H2,1-3H3. The minimum absolute atomic E-state index is 0.195. The predicted molar refractivity (Wildman–Crippen MR) is 109 cm³/mol. The highest BCUT2D eigenvalue weighted by Gasteiger charge is 2.18. The minimum Gasteiger partial charge on any atom is -0.497 e. The number of hydrogen-bond acceptors (Lipinski definition) is 4. The van der Waals surface area contributed by atoms with Gasteiger partial charge in [0.15, 0.2) is 0 Å². The van der Waals surface area contributed by atoms with Crippen molar-refractivity contribution in [3.8, 4) is 11.5 Å². The van der Waals surface area contributed by atoms with Crippen LogP contribution in [0.5, 0.6) is 11.5 Å². The molecule has 0 radical (unpaired) electrons. The molecule has 3 rings (SSSR count). The van der Waals surface area contributed by atoms with Crippen LogP contribution in [0.15, 0.2) is 66.0 Å². The van der Waals surface area contributed by atoms with Crippen molar-refractivity contribution in [1.82, 2.24) is 4.90 Å². The van der Waals surface area contributed by atoms with Gasteiger partial charge in [-0.05, 0) is 60.9 Å². The third kappa shape index (κ3) is 4.65. The summed E-state index contributed by atoms with van der Waals surface area (Å²) in [6.07, 6.45) is 0. The van der Waals surface area contributed by atoms with E-state index in [9.17, 15) is 0 Å². The van der Waals surface area contributed by atoms with Gasteiger partial charge in [0.1, 0.15) is 18.1 Å². The molecule has 2 aromatic carbocycles. The van der Waals surface area contributed by atoms with Gasteiger partial charge in [0.05, 0.1) is 7.11 Å². The topological polar surface area (TPSA) is 21.7 Å². The van der Waals surface area contributed by atoms with E-state index in [2.05, 4.69) is 58.8 Å². The smallest absolute Gasteiger partial charge is 0.119 e. The molecule has 0 N–H and O–H groups in total. The Hall–Kier alpha value is -2.30. The molecule has 0 spiro atoms. The first-order chi connectivity index (χ1) is 12.7. The molecule has 1 atom stereocenters. The second-order valence-corrected chi connectivity index (χ2v) is 7.43. The van der Waals surface area contributed by atoms with Crippen LogP contribution in [0, 0.1) is 0 Å². The first kappa shape index (κ1) is 18.5. The van der Waals surface area contributed by atoms with Crippen molar-refractivity contribution in [3.05, 3.63) is 82.0 Å². The summed E-state index contributed by atoms with van der Waals surface area (Å²) in [6.45, 7) is 1.60. The molecule has 1 heterocycles. The van der Waals surface area contributed by atoms with E-state index in [1.807, 2.05) is 26.2 Å². The van der Waals surface area contributed by atoms with Crippen molar-refractivity contribution in [1.29, 1.82) is 0 Å². The molecule has 0 amide bonds. The first-order valence-corrected chi connectivity index (χ1v) is 9.60. The van der Waals surface area contributed by atoms with Crippen molar-refractivity contribution in [3.63, 3.8) is 0 Å². The Labute approximate surface area is 159 Å². The van der Waals surface area contributed by atoms with Crippen LogP contribution < -0.4 is 9.47 Å². The number of ether oxygens (including phenoxy) is 2. The fraction of sp³-hybridized carbons (Fsp3) is 0.273. The molecule has 0 saturated heterocycles. The Morgan fingerprint density at radius 2 is 1.73 bits per heavy atom. The summed E-state index contributed by atoms with van der Waals surface area (Å²) in [5.74, 6) is 1.99. The van der Waals surface area contributed by atoms with E-state index in [0.717, 1.165) is 18.0 Å². The number of nitrogens with zero attached hydrogens (tertiary/aromatic N) is 1. The molecule has 0 aliphatic heterocycles. The van der Waals surface area contributed by atoms with E-state index in [1.165, 1.54) is 16.0 Å². The van der Waals surface area contributed by atoms with Gasteiger partial charge in [0.2, 0.25) is 0 Å². The lowest BCUT2D eigenvalue weighted by Crippen LogP contribution is -2.19. The Bertz CT molecular complexity index is 797. The van der Waals surface area contributed by atoms with Crippen molar-refractivity contribution in [2.45, 2.75) is 5.92 Å². The van der Waals surface area contributed by atoms with Gasteiger partial charge in [0, 0.05) is 17.3 Å². The Morgan fingerprint density at radius 1 is 0.923 bits per heavy atom. The molecule has 0 bridgehead atoms. The highest BCUT2D eigenvalue weighted by Crippen LogP contribution is 2.36. The van der Waals surface area contributed by atoms with Gasteiger partial charge in [-0.1, -0.05) is 30.3 Å². The van der Waals surface area contributed by atoms with Crippen LogP contribution in [0.1, 0.15) is 21.9 Å². The molecule has 136 valence electrons. The number of methoxy groups -OCH3 is 1. The van der Waals surface area contributed by atoms with Crippen LogP contribution in [-0.2, 0) is 0 Å². The van der Waals surface area contributed by atoms with E-state index in [-0.39, 0.29) is 5.92 Å². The van der Waals surface area contributed by atoms with Crippen molar-refractivity contribution < 1.29 is 9.47 Å². The van der Waals surface area contributed by atoms with Gasteiger partial charge < -0.3 is 14.4 Å². The quantitative estimate of drug-likeness (QED) is 0.566. The molecule has 3 nitrogen and oxygen atoms in total. The maximum atomic E-state index is 5.83. The maximum absolute atomic E-state index is 5.83. The van der Waals surface area contributed by atoms with Gasteiger partial charge in [-0.25, -0.2) is 0 Å². The van der Waals surface area contributed by atoms with Crippen LogP contribution in [0.3, 0.4) is 0 Å². The minimum atomic E-state index is 0.195. The lowest BCUT2D eigenvalue weighted by atomic mass is 9.90. The van der Waals surface area contributed by atoms with Crippen LogP contribution in [0.2, 0.25) is 0 Å². The number of hydrogen-bond donors (Lipinski definition) is 0. The predicted octanol–water partition coefficient (Wildman–Crippen LogP) is 4.88. The molecule has 0 aliphatic rings. The average Bonchev–Trinajstić information content (AvgIpc) is 3.17. The Balaban J connectivity index is 1.85. The molecular weight excluding hydrogens is 342 g/mol. The second-order valence-electron chi connectivity index (χ2n) is 6.45. The lowest BCUT2D eigenvalue weighted by Gasteiger charge is -2.18. The fourth-order valence-corrected chi connectivity index (χ4v) is 3.78. The zero-order chi connectivity index (χ0) is 18.4. The van der Waals surface area contributed by atoms with Crippen molar-refractivity contribution in [2.24, 2.45) is 0 Å². The molecule has 0 fully saturated rings. The molecule has 26 heavy (non-hydrogen) atoms. The second kappa shape index (κ2) is 8.88. The molecule has 1 unspecified atom stereocenters. The van der Waals surface area contributed by atoms with Gasteiger partial charge >= 0.3 is 0 Å². The van der Waals surface area contributed by atoms with Gasteiger partial charge in [-0.2, -0.15) is 0 Å². The van der Waals surface area contributed by atoms with Crippen LogP contribution in [0.25, 0.3) is 0 Å². The Morgan fingerprint density at radius 3 is 2.38 bits per heavy atom. The Kier molecular flexibility index (Phi) is 6.31. The summed E-state index contributed by atoms with van der Waals surface area (Å²) >= 11 is 1.78. The highest BCUT2D eigenvalue weighted by atomic mass is 32.1. The highest BCUT2D eigenvalue weighted by molar-refractivity contribution is 7.10. The van der Waals surface area contributed by atoms with Crippen molar-refractivity contribution >= 4 is 11.3 Å². The molecule has 0 saturated carbocycles. The molecule has 4 heteroatoms. The number of benzene rings is 2. The summed E-state index contributed by atoms with van der Waals surface area (Å²) < 4.78 is 11.2. The summed E-state index contributed by atoms with van der Waals surface area (Å²) in [7, 11) is 5.80. The number of rotatable bonds is 8. The fourth-order valence-electron chi connectivity index (χ4n) is 2.90. The zero-order valence-corrected chi connectivity index (χ0v) is 16.3. The van der Waals surface area contributed by atoms with Gasteiger partial charge in [0.25, 0.3) is 0 Å². The van der Waals surface area contributed by atoms with Gasteiger partial charge in [-0.15, -0.1) is 11.3 Å². The van der Waals surface area contributed by atoms with Crippen molar-refractivity contribution in [2.75, 3.05) is 34.4 Å². The third-order valence-electron chi connectivity index (χ3n) is 4.28. The normalized spacial score (nSPS) is 12.2. The van der Waals surface area contributed by atoms with Crippen LogP contribution in [0.4, 0.5) is 0 Å². The van der Waals surface area contributed by atoms with E-state index >= 15 is 0 Å². The number of likely N-dealkylation sites (N-methyl/N-ethyl adjacent to an activating group) is 1. The molecule has 3 aromatic rings. The summed E-state index contributed by atoms with van der Waals surface area (Å²) in [5, 5.41) is 2.13. The SMILES string of the molecule is COc1cccc(C(c2ccc(OCCN(C)C)cc2)c2cccs2)c1. The van der Waals surface area contributed by atoms with E-state index in [4.69, 9.17) is 9.47 Å². The van der Waals surface area contributed by atoms with Crippen LogP contribution in [-0.4, -0.2) is 39.3 Å². The maximum Gasteiger partial charge on any atom is 0.119 e. The largest absolute Gasteiger partial charge is 0.497 e. The zero-order valence-electron chi connectivity index (χ0n) is 15.5. The molecular formula is C22H25NO2S. The summed E-state index contributed by atoms with van der Waals surface area (Å²) in [5.41, 5.74) is 2.48. The van der Waals surface area contributed by atoms with E-state index in [0.29, 0.717) is 6.61 Å². The van der Waals surface area contributed by atoms with E-state index in [1.54, 1.807) is 18.4 Å². The summed E-state index contributed by atoms with van der Waals surface area (Å²) in [6, 6.07) is 21.0. The monoisotopic (exact) mass is 367 g/mol. The average molecular weight is 368 g/mol. The van der Waals surface area contributed by atoms with Gasteiger partial charge in [-0.3, -0.25) is 0 Å². The first-order valence-electron chi connectivity index (χ1n) is 8.72. The molecule has 1 aromatic heterocycles. The number of thiophene rings is 1. The molecule has 0 aliphatic carbocycles. The van der Waals surface area contributed by atoms with Crippen LogP contribution >= 0.6 is 11.3 Å².